The zero-order valence-electron chi connectivity index (χ0n) is 12.3. The lowest BCUT2D eigenvalue weighted by atomic mass is 9.63. The smallest absolute Gasteiger partial charge is 0.143 e. The van der Waals surface area contributed by atoms with E-state index in [4.69, 9.17) is 5.10 Å². The Labute approximate surface area is 125 Å². The molecule has 2 aromatic rings. The minimum absolute atomic E-state index is 0.143. The SMILES string of the molecule is c1ccc(C2(c3nnc(C4CC4)n3C3CC3)CCC2)cc1. The highest BCUT2D eigenvalue weighted by Crippen LogP contribution is 2.52. The van der Waals surface area contributed by atoms with Crippen molar-refractivity contribution in [2.45, 2.75) is 62.3 Å². The van der Waals surface area contributed by atoms with Gasteiger partial charge in [0.1, 0.15) is 11.6 Å². The molecule has 108 valence electrons. The van der Waals surface area contributed by atoms with Crippen molar-refractivity contribution in [1.82, 2.24) is 14.8 Å². The van der Waals surface area contributed by atoms with Crippen LogP contribution in [0.25, 0.3) is 0 Å². The van der Waals surface area contributed by atoms with Gasteiger partial charge in [0.25, 0.3) is 0 Å². The third kappa shape index (κ3) is 1.73. The molecule has 3 aliphatic carbocycles. The Kier molecular flexibility index (Phi) is 2.38. The van der Waals surface area contributed by atoms with Crippen molar-refractivity contribution in [2.75, 3.05) is 0 Å². The summed E-state index contributed by atoms with van der Waals surface area (Å²) in [6.07, 6.45) is 9.02. The predicted molar refractivity (Wildman–Crippen MR) is 81.3 cm³/mol. The normalized spacial score (nSPS) is 23.8. The second-order valence-electron chi connectivity index (χ2n) is 7.06. The summed E-state index contributed by atoms with van der Waals surface area (Å²) in [6, 6.07) is 11.7. The second kappa shape index (κ2) is 4.19. The lowest BCUT2D eigenvalue weighted by molar-refractivity contribution is 0.274. The van der Waals surface area contributed by atoms with Gasteiger partial charge in [0, 0.05) is 12.0 Å². The average molecular weight is 279 g/mol. The zero-order valence-corrected chi connectivity index (χ0v) is 12.3. The van der Waals surface area contributed by atoms with Gasteiger partial charge in [-0.3, -0.25) is 0 Å². The molecule has 1 aromatic heterocycles. The van der Waals surface area contributed by atoms with Gasteiger partial charge in [-0.15, -0.1) is 10.2 Å². The van der Waals surface area contributed by atoms with Crippen LogP contribution in [0.1, 0.15) is 74.1 Å². The summed E-state index contributed by atoms with van der Waals surface area (Å²) in [6.45, 7) is 0. The lowest BCUT2D eigenvalue weighted by Crippen LogP contribution is -2.38. The van der Waals surface area contributed by atoms with Crippen molar-refractivity contribution in [3.05, 3.63) is 47.5 Å². The fourth-order valence-corrected chi connectivity index (χ4v) is 3.87. The molecule has 0 saturated heterocycles. The van der Waals surface area contributed by atoms with Gasteiger partial charge in [-0.2, -0.15) is 0 Å². The molecule has 0 amide bonds. The first-order valence-corrected chi connectivity index (χ1v) is 8.39. The summed E-state index contributed by atoms with van der Waals surface area (Å²) in [7, 11) is 0. The standard InChI is InChI=1S/C18H21N3/c1-2-5-14(6-3-1)18(11-4-12-18)17-20-19-16(13-7-8-13)21(17)15-9-10-15/h1-3,5-6,13,15H,4,7-12H2. The van der Waals surface area contributed by atoms with E-state index in [1.807, 2.05) is 0 Å². The summed E-state index contributed by atoms with van der Waals surface area (Å²) >= 11 is 0. The Bertz CT molecular complexity index is 661. The molecule has 1 heterocycles. The first-order valence-electron chi connectivity index (χ1n) is 8.39. The fourth-order valence-electron chi connectivity index (χ4n) is 3.87. The molecule has 0 spiro atoms. The monoisotopic (exact) mass is 279 g/mol. The summed E-state index contributed by atoms with van der Waals surface area (Å²) in [4.78, 5) is 0. The first kappa shape index (κ1) is 12.0. The Balaban J connectivity index is 1.65. The van der Waals surface area contributed by atoms with Gasteiger partial charge in [0.15, 0.2) is 0 Å². The molecular weight excluding hydrogens is 258 g/mol. The maximum Gasteiger partial charge on any atom is 0.143 e. The van der Waals surface area contributed by atoms with E-state index >= 15 is 0 Å². The first-order chi connectivity index (χ1) is 10.4. The second-order valence-corrected chi connectivity index (χ2v) is 7.06. The Morgan fingerprint density at radius 3 is 2.29 bits per heavy atom. The van der Waals surface area contributed by atoms with E-state index in [2.05, 4.69) is 40.0 Å². The van der Waals surface area contributed by atoms with E-state index in [1.165, 1.54) is 62.2 Å². The summed E-state index contributed by atoms with van der Waals surface area (Å²) in [5, 5.41) is 9.35. The van der Waals surface area contributed by atoms with Gasteiger partial charge >= 0.3 is 0 Å². The Hall–Kier alpha value is -1.64. The van der Waals surface area contributed by atoms with Crippen molar-refractivity contribution >= 4 is 0 Å². The van der Waals surface area contributed by atoms with Crippen molar-refractivity contribution in [2.24, 2.45) is 0 Å². The maximum absolute atomic E-state index is 4.72. The number of hydrogen-bond donors (Lipinski definition) is 0. The predicted octanol–water partition coefficient (Wildman–Crippen LogP) is 3.96. The molecule has 0 radical (unpaired) electrons. The number of hydrogen-bond acceptors (Lipinski definition) is 2. The van der Waals surface area contributed by atoms with Crippen molar-refractivity contribution in [3.8, 4) is 0 Å². The van der Waals surface area contributed by atoms with Crippen molar-refractivity contribution in [3.63, 3.8) is 0 Å². The number of rotatable bonds is 4. The van der Waals surface area contributed by atoms with Crippen molar-refractivity contribution < 1.29 is 0 Å². The lowest BCUT2D eigenvalue weighted by Gasteiger charge is -2.41. The molecule has 0 bridgehead atoms. The van der Waals surface area contributed by atoms with Crippen LogP contribution in [-0.2, 0) is 5.41 Å². The van der Waals surface area contributed by atoms with Crippen LogP contribution in [0.15, 0.2) is 30.3 Å². The highest BCUT2D eigenvalue weighted by Gasteiger charge is 2.48. The van der Waals surface area contributed by atoms with Crippen molar-refractivity contribution in [1.29, 1.82) is 0 Å². The van der Waals surface area contributed by atoms with Gasteiger partial charge in [-0.25, -0.2) is 0 Å². The van der Waals surface area contributed by atoms with Gasteiger partial charge in [-0.05, 0) is 44.1 Å². The third-order valence-electron chi connectivity index (χ3n) is 5.54. The molecule has 3 nitrogen and oxygen atoms in total. The third-order valence-corrected chi connectivity index (χ3v) is 5.54. The average Bonchev–Trinajstić information content (AvgIpc) is 3.39. The van der Waals surface area contributed by atoms with E-state index in [0.717, 1.165) is 0 Å². The molecule has 0 atom stereocenters. The fraction of sp³-hybridized carbons (Fsp3) is 0.556. The van der Waals surface area contributed by atoms with Crippen LogP contribution in [0.2, 0.25) is 0 Å². The summed E-state index contributed by atoms with van der Waals surface area (Å²) < 4.78 is 2.55. The minimum Gasteiger partial charge on any atom is -0.311 e. The molecule has 5 rings (SSSR count). The Morgan fingerprint density at radius 2 is 1.71 bits per heavy atom. The molecule has 3 aliphatic rings. The van der Waals surface area contributed by atoms with E-state index in [-0.39, 0.29) is 5.41 Å². The molecule has 0 unspecified atom stereocenters. The van der Waals surface area contributed by atoms with E-state index in [0.29, 0.717) is 12.0 Å². The van der Waals surface area contributed by atoms with Crippen LogP contribution in [0, 0.1) is 0 Å². The topological polar surface area (TPSA) is 30.7 Å². The minimum atomic E-state index is 0.143. The van der Waals surface area contributed by atoms with E-state index in [9.17, 15) is 0 Å². The summed E-state index contributed by atoms with van der Waals surface area (Å²) in [5.41, 5.74) is 1.58. The quantitative estimate of drug-likeness (QED) is 0.848. The molecule has 3 heteroatoms. The van der Waals surface area contributed by atoms with Gasteiger partial charge in [0.05, 0.1) is 5.41 Å². The number of aromatic nitrogens is 3. The number of benzene rings is 1. The van der Waals surface area contributed by atoms with Crippen LogP contribution in [0.4, 0.5) is 0 Å². The molecule has 0 N–H and O–H groups in total. The van der Waals surface area contributed by atoms with Gasteiger partial charge in [-0.1, -0.05) is 36.8 Å². The van der Waals surface area contributed by atoms with E-state index in [1.54, 1.807) is 0 Å². The van der Waals surface area contributed by atoms with Crippen LogP contribution in [0.5, 0.6) is 0 Å². The molecule has 1 aromatic carbocycles. The maximum atomic E-state index is 4.72. The van der Waals surface area contributed by atoms with E-state index < -0.39 is 0 Å². The number of nitrogens with zero attached hydrogens (tertiary/aromatic N) is 3. The molecule has 0 aliphatic heterocycles. The molecule has 3 fully saturated rings. The van der Waals surface area contributed by atoms with Crippen LogP contribution >= 0.6 is 0 Å². The molecule has 3 saturated carbocycles. The van der Waals surface area contributed by atoms with Crippen LogP contribution < -0.4 is 0 Å². The summed E-state index contributed by atoms with van der Waals surface area (Å²) in [5.74, 6) is 3.25. The highest BCUT2D eigenvalue weighted by atomic mass is 15.3. The largest absolute Gasteiger partial charge is 0.311 e. The van der Waals surface area contributed by atoms with Gasteiger partial charge < -0.3 is 4.57 Å². The molecular formula is C18H21N3. The molecule has 21 heavy (non-hydrogen) atoms. The zero-order chi connectivity index (χ0) is 13.9. The van der Waals surface area contributed by atoms with Gasteiger partial charge in [0.2, 0.25) is 0 Å². The Morgan fingerprint density at radius 1 is 0.952 bits per heavy atom. The van der Waals surface area contributed by atoms with Crippen LogP contribution in [0.3, 0.4) is 0 Å². The van der Waals surface area contributed by atoms with Crippen LogP contribution in [-0.4, -0.2) is 14.8 Å². The highest BCUT2D eigenvalue weighted by molar-refractivity contribution is 5.37.